The Labute approximate surface area is 145 Å². The van der Waals surface area contributed by atoms with Crippen molar-refractivity contribution in [3.8, 4) is 0 Å². The Kier molecular flexibility index (Phi) is 4.08. The van der Waals surface area contributed by atoms with Crippen LogP contribution < -0.4 is 5.32 Å². The van der Waals surface area contributed by atoms with Gasteiger partial charge in [-0.3, -0.25) is 9.69 Å². The Balaban J connectivity index is 1.49. The van der Waals surface area contributed by atoms with Crippen LogP contribution in [0.25, 0.3) is 10.8 Å². The molecule has 1 amide bonds. The van der Waals surface area contributed by atoms with Gasteiger partial charge in [0.25, 0.3) is 0 Å². The average molecular weight is 336 g/mol. The molecule has 0 saturated heterocycles. The molecule has 0 unspecified atom stereocenters. The van der Waals surface area contributed by atoms with E-state index in [0.29, 0.717) is 12.6 Å². The molecule has 0 fully saturated rings. The molecule has 0 saturated carbocycles. The predicted octanol–water partition coefficient (Wildman–Crippen LogP) is 4.46. The zero-order valence-electron chi connectivity index (χ0n) is 13.7. The van der Waals surface area contributed by atoms with Gasteiger partial charge in [-0.05, 0) is 41.8 Å². The van der Waals surface area contributed by atoms with Crippen molar-refractivity contribution in [1.29, 1.82) is 0 Å². The minimum Gasteiger partial charge on any atom is -0.324 e. The van der Waals surface area contributed by atoms with Gasteiger partial charge >= 0.3 is 0 Å². The van der Waals surface area contributed by atoms with Crippen molar-refractivity contribution in [2.45, 2.75) is 19.4 Å². The first-order chi connectivity index (χ1) is 11.7. The van der Waals surface area contributed by atoms with E-state index in [1.54, 1.807) is 0 Å². The minimum atomic E-state index is 0.0527. The highest BCUT2D eigenvalue weighted by Crippen LogP contribution is 2.32. The van der Waals surface area contributed by atoms with Gasteiger partial charge in [-0.15, -0.1) is 11.3 Å². The summed E-state index contributed by atoms with van der Waals surface area (Å²) in [6, 6.07) is 16.6. The lowest BCUT2D eigenvalue weighted by atomic mass is 10.0. The number of nitrogens with zero attached hydrogens (tertiary/aromatic N) is 1. The highest BCUT2D eigenvalue weighted by Gasteiger charge is 2.26. The number of thiophene rings is 1. The summed E-state index contributed by atoms with van der Waals surface area (Å²) >= 11 is 1.83. The molecule has 4 rings (SSSR count). The summed E-state index contributed by atoms with van der Waals surface area (Å²) in [6.07, 6.45) is 1.04. The SMILES string of the molecule is C[C@H]1c2ccsc2CCN1CC(=O)Nc1cccc2ccccc12. The summed E-state index contributed by atoms with van der Waals surface area (Å²) in [4.78, 5) is 16.3. The topological polar surface area (TPSA) is 32.3 Å². The zero-order chi connectivity index (χ0) is 16.5. The molecule has 1 atom stereocenters. The molecule has 1 aliphatic rings. The second-order valence-electron chi connectivity index (χ2n) is 6.27. The number of carbonyl (C=O) groups is 1. The standard InChI is InChI=1S/C20H20N2OS/c1-14-16-10-12-24-19(16)9-11-22(14)13-20(23)21-18-8-4-6-15-5-2-3-7-17(15)18/h2-8,10,12,14H,9,11,13H2,1H3,(H,21,23)/t14-/m0/s1. The minimum absolute atomic E-state index is 0.0527. The molecule has 3 nitrogen and oxygen atoms in total. The second-order valence-corrected chi connectivity index (χ2v) is 7.27. The first-order valence-electron chi connectivity index (χ1n) is 8.30. The summed E-state index contributed by atoms with van der Waals surface area (Å²) in [5.41, 5.74) is 2.27. The lowest BCUT2D eigenvalue weighted by molar-refractivity contribution is -0.117. The predicted molar refractivity (Wildman–Crippen MR) is 101 cm³/mol. The van der Waals surface area contributed by atoms with Crippen molar-refractivity contribution in [3.63, 3.8) is 0 Å². The Morgan fingerprint density at radius 1 is 1.21 bits per heavy atom. The molecule has 0 radical (unpaired) electrons. The van der Waals surface area contributed by atoms with E-state index in [4.69, 9.17) is 0 Å². The molecule has 0 aliphatic carbocycles. The van der Waals surface area contributed by atoms with Crippen molar-refractivity contribution in [3.05, 3.63) is 64.4 Å². The molecular formula is C20H20N2OS. The number of carbonyl (C=O) groups excluding carboxylic acids is 1. The lowest BCUT2D eigenvalue weighted by Crippen LogP contribution is -2.39. The number of nitrogens with one attached hydrogen (secondary N) is 1. The normalized spacial score (nSPS) is 17.6. The van der Waals surface area contributed by atoms with E-state index in [2.05, 4.69) is 40.7 Å². The van der Waals surface area contributed by atoms with Gasteiger partial charge < -0.3 is 5.32 Å². The molecule has 0 spiro atoms. The molecule has 2 aromatic carbocycles. The lowest BCUT2D eigenvalue weighted by Gasteiger charge is -2.32. The smallest absolute Gasteiger partial charge is 0.238 e. The van der Waals surface area contributed by atoms with Gasteiger partial charge in [-0.1, -0.05) is 36.4 Å². The van der Waals surface area contributed by atoms with E-state index in [0.717, 1.165) is 29.4 Å². The Morgan fingerprint density at radius 3 is 2.96 bits per heavy atom. The van der Waals surface area contributed by atoms with Gasteiger partial charge in [-0.2, -0.15) is 0 Å². The zero-order valence-corrected chi connectivity index (χ0v) is 14.5. The second kappa shape index (κ2) is 6.38. The fraction of sp³-hybridized carbons (Fsp3) is 0.250. The van der Waals surface area contributed by atoms with Crippen molar-refractivity contribution in [2.24, 2.45) is 0 Å². The Morgan fingerprint density at radius 2 is 2.04 bits per heavy atom. The van der Waals surface area contributed by atoms with E-state index in [-0.39, 0.29) is 5.91 Å². The van der Waals surface area contributed by atoms with Gasteiger partial charge in [0.05, 0.1) is 6.54 Å². The third kappa shape index (κ3) is 2.83. The average Bonchev–Trinajstić information content (AvgIpc) is 3.07. The number of benzene rings is 2. The molecule has 1 aliphatic heterocycles. The molecular weight excluding hydrogens is 316 g/mol. The Bertz CT molecular complexity index is 881. The van der Waals surface area contributed by atoms with E-state index in [9.17, 15) is 4.79 Å². The summed E-state index contributed by atoms with van der Waals surface area (Å²) in [5, 5.41) is 7.47. The number of hydrogen-bond acceptors (Lipinski definition) is 3. The monoisotopic (exact) mass is 336 g/mol. The van der Waals surface area contributed by atoms with Gasteiger partial charge in [0.2, 0.25) is 5.91 Å². The van der Waals surface area contributed by atoms with Crippen LogP contribution in [0.2, 0.25) is 0 Å². The van der Waals surface area contributed by atoms with Crippen LogP contribution in [0.4, 0.5) is 5.69 Å². The summed E-state index contributed by atoms with van der Waals surface area (Å²) in [7, 11) is 0. The van der Waals surface area contributed by atoms with Crippen LogP contribution >= 0.6 is 11.3 Å². The van der Waals surface area contributed by atoms with Gasteiger partial charge in [0, 0.05) is 28.5 Å². The van der Waals surface area contributed by atoms with Crippen LogP contribution in [0.15, 0.2) is 53.9 Å². The molecule has 122 valence electrons. The number of amides is 1. The van der Waals surface area contributed by atoms with Gasteiger partial charge in [0.15, 0.2) is 0 Å². The highest BCUT2D eigenvalue weighted by atomic mass is 32.1. The van der Waals surface area contributed by atoms with Gasteiger partial charge in [-0.25, -0.2) is 0 Å². The van der Waals surface area contributed by atoms with Crippen LogP contribution in [0, 0.1) is 0 Å². The first kappa shape index (κ1) is 15.4. The van der Waals surface area contributed by atoms with Crippen molar-refractivity contribution < 1.29 is 4.79 Å². The molecule has 1 aromatic heterocycles. The number of hydrogen-bond donors (Lipinski definition) is 1. The van der Waals surface area contributed by atoms with Crippen LogP contribution in [0.3, 0.4) is 0 Å². The van der Waals surface area contributed by atoms with E-state index in [1.807, 2.05) is 41.7 Å². The summed E-state index contributed by atoms with van der Waals surface area (Å²) in [6.45, 7) is 3.56. The van der Waals surface area contributed by atoms with Crippen LogP contribution in [-0.2, 0) is 11.2 Å². The third-order valence-electron chi connectivity index (χ3n) is 4.81. The maximum absolute atomic E-state index is 12.6. The van der Waals surface area contributed by atoms with E-state index in [1.165, 1.54) is 10.4 Å². The summed E-state index contributed by atoms with van der Waals surface area (Å²) in [5.74, 6) is 0.0527. The molecule has 2 heterocycles. The van der Waals surface area contributed by atoms with Crippen molar-refractivity contribution >= 4 is 33.7 Å². The van der Waals surface area contributed by atoms with E-state index < -0.39 is 0 Å². The fourth-order valence-electron chi connectivity index (χ4n) is 3.49. The van der Waals surface area contributed by atoms with Crippen molar-refractivity contribution in [2.75, 3.05) is 18.4 Å². The maximum Gasteiger partial charge on any atom is 0.238 e. The van der Waals surface area contributed by atoms with Crippen LogP contribution in [0.5, 0.6) is 0 Å². The fourth-order valence-corrected chi connectivity index (χ4v) is 4.45. The van der Waals surface area contributed by atoms with Gasteiger partial charge in [0.1, 0.15) is 0 Å². The molecule has 24 heavy (non-hydrogen) atoms. The summed E-state index contributed by atoms with van der Waals surface area (Å²) < 4.78 is 0. The molecule has 1 N–H and O–H groups in total. The van der Waals surface area contributed by atoms with Crippen LogP contribution in [0.1, 0.15) is 23.4 Å². The number of rotatable bonds is 3. The Hall–Kier alpha value is -2.17. The van der Waals surface area contributed by atoms with E-state index >= 15 is 0 Å². The van der Waals surface area contributed by atoms with Crippen molar-refractivity contribution in [1.82, 2.24) is 4.90 Å². The number of anilines is 1. The number of fused-ring (bicyclic) bond motifs is 2. The third-order valence-corrected chi connectivity index (χ3v) is 5.81. The van der Waals surface area contributed by atoms with Crippen LogP contribution in [-0.4, -0.2) is 23.9 Å². The largest absolute Gasteiger partial charge is 0.324 e. The highest BCUT2D eigenvalue weighted by molar-refractivity contribution is 7.10. The molecule has 4 heteroatoms. The molecule has 3 aromatic rings. The quantitative estimate of drug-likeness (QED) is 0.766. The first-order valence-corrected chi connectivity index (χ1v) is 9.18. The molecule has 0 bridgehead atoms. The maximum atomic E-state index is 12.6.